The Morgan fingerprint density at radius 3 is 2.44 bits per heavy atom. The molecule has 0 aliphatic carbocycles. The summed E-state index contributed by atoms with van der Waals surface area (Å²) in [6.07, 6.45) is 1.63. The molecule has 4 atom stereocenters. The van der Waals surface area contributed by atoms with Gasteiger partial charge in [-0.25, -0.2) is 5.43 Å². The van der Waals surface area contributed by atoms with Crippen molar-refractivity contribution in [1.82, 2.24) is 26.4 Å². The minimum atomic E-state index is -0.764. The molecule has 0 saturated carbocycles. The van der Waals surface area contributed by atoms with E-state index in [1.165, 1.54) is 5.56 Å². The average molecular weight is 465 g/mol. The van der Waals surface area contributed by atoms with E-state index in [0.29, 0.717) is 12.5 Å². The second kappa shape index (κ2) is 10.1. The fraction of sp³-hybridized carbons (Fsp3) is 0.440. The van der Waals surface area contributed by atoms with E-state index in [0.717, 1.165) is 37.2 Å². The lowest BCUT2D eigenvalue weighted by atomic mass is 9.88. The normalized spacial score (nSPS) is 28.1. The van der Waals surface area contributed by atoms with E-state index in [4.69, 9.17) is 5.11 Å². The molecule has 9 nitrogen and oxygen atoms in total. The van der Waals surface area contributed by atoms with Crippen LogP contribution in [-0.2, 0) is 9.59 Å². The van der Waals surface area contributed by atoms with Crippen molar-refractivity contribution in [3.8, 4) is 0 Å². The Morgan fingerprint density at radius 2 is 1.74 bits per heavy atom. The van der Waals surface area contributed by atoms with Crippen LogP contribution in [0.2, 0.25) is 0 Å². The summed E-state index contributed by atoms with van der Waals surface area (Å²) in [6.45, 7) is 2.39. The zero-order chi connectivity index (χ0) is 23.5. The molecule has 0 aromatic heterocycles. The van der Waals surface area contributed by atoms with Crippen molar-refractivity contribution in [2.45, 2.75) is 37.1 Å². The number of benzene rings is 2. The molecule has 2 aromatic carbocycles. The van der Waals surface area contributed by atoms with Gasteiger partial charge in [-0.1, -0.05) is 42.5 Å². The van der Waals surface area contributed by atoms with Crippen molar-refractivity contribution in [2.75, 3.05) is 31.5 Å². The van der Waals surface area contributed by atoms with Crippen LogP contribution in [0.25, 0.3) is 0 Å². The lowest BCUT2D eigenvalue weighted by Crippen LogP contribution is -2.71. The highest BCUT2D eigenvalue weighted by Crippen LogP contribution is 2.30. The van der Waals surface area contributed by atoms with Crippen LogP contribution < -0.4 is 26.8 Å². The number of amides is 1. The Morgan fingerprint density at radius 1 is 1.00 bits per heavy atom. The van der Waals surface area contributed by atoms with Crippen LogP contribution in [0.15, 0.2) is 54.6 Å². The second-order valence-corrected chi connectivity index (χ2v) is 9.37. The van der Waals surface area contributed by atoms with Gasteiger partial charge in [-0.05, 0) is 55.1 Å². The number of aliphatic carboxylic acids is 1. The largest absolute Gasteiger partial charge is 0.480 e. The zero-order valence-corrected chi connectivity index (χ0v) is 19.0. The monoisotopic (exact) mass is 464 g/mol. The van der Waals surface area contributed by atoms with Crippen molar-refractivity contribution < 1.29 is 14.7 Å². The van der Waals surface area contributed by atoms with Crippen molar-refractivity contribution in [1.29, 1.82) is 0 Å². The smallest absolute Gasteiger partial charge is 0.317 e. The van der Waals surface area contributed by atoms with Crippen LogP contribution in [-0.4, -0.2) is 60.3 Å². The molecular weight excluding hydrogens is 432 g/mol. The fourth-order valence-corrected chi connectivity index (χ4v) is 5.35. The number of nitrogens with zero attached hydrogens (tertiary/aromatic N) is 1. The third kappa shape index (κ3) is 5.07. The van der Waals surface area contributed by atoms with E-state index >= 15 is 0 Å². The summed E-state index contributed by atoms with van der Waals surface area (Å²) in [5.41, 5.74) is 9.13. The molecule has 9 heteroatoms. The standard InChI is InChI=1S/C25H32N6O3/c32-21(33)15-31-12-10-17(11-13-31)16-6-8-19(9-7-16)27-24-22-20(14-26-30-25(22)34)28-23(29-24)18-4-2-1-3-5-18/h1-9,17,20,22-24,26-29H,10-15H2,(H,30,34)(H,32,33). The molecule has 0 bridgehead atoms. The first-order valence-corrected chi connectivity index (χ1v) is 12.0. The van der Waals surface area contributed by atoms with Gasteiger partial charge in [0.15, 0.2) is 0 Å². The summed E-state index contributed by atoms with van der Waals surface area (Å²) in [4.78, 5) is 25.6. The molecule has 0 spiro atoms. The first-order valence-electron chi connectivity index (χ1n) is 12.0. The topological polar surface area (TPSA) is 118 Å². The number of carbonyl (C=O) groups excluding carboxylic acids is 1. The molecule has 6 N–H and O–H groups in total. The minimum Gasteiger partial charge on any atom is -0.480 e. The van der Waals surface area contributed by atoms with Crippen molar-refractivity contribution in [3.63, 3.8) is 0 Å². The molecule has 3 aliphatic heterocycles. The summed E-state index contributed by atoms with van der Waals surface area (Å²) in [6, 6.07) is 18.6. The van der Waals surface area contributed by atoms with Crippen LogP contribution >= 0.6 is 0 Å². The van der Waals surface area contributed by atoms with Crippen molar-refractivity contribution >= 4 is 17.6 Å². The molecule has 3 saturated heterocycles. The van der Waals surface area contributed by atoms with Crippen molar-refractivity contribution in [3.05, 3.63) is 65.7 Å². The Bertz CT molecular complexity index is 993. The highest BCUT2D eigenvalue weighted by atomic mass is 16.4. The number of hydrogen-bond donors (Lipinski definition) is 6. The Labute approximate surface area is 199 Å². The number of rotatable bonds is 6. The van der Waals surface area contributed by atoms with Gasteiger partial charge >= 0.3 is 5.97 Å². The highest BCUT2D eigenvalue weighted by molar-refractivity contribution is 5.81. The minimum absolute atomic E-state index is 0.00651. The summed E-state index contributed by atoms with van der Waals surface area (Å²) in [7, 11) is 0. The summed E-state index contributed by atoms with van der Waals surface area (Å²) in [5.74, 6) is -0.623. The number of anilines is 1. The predicted octanol–water partition coefficient (Wildman–Crippen LogP) is 1.20. The van der Waals surface area contributed by atoms with Crippen LogP contribution in [0, 0.1) is 5.92 Å². The maximum absolute atomic E-state index is 12.7. The van der Waals surface area contributed by atoms with Crippen LogP contribution in [0.3, 0.4) is 0 Å². The van der Waals surface area contributed by atoms with Gasteiger partial charge in [-0.2, -0.15) is 0 Å². The van der Waals surface area contributed by atoms with Gasteiger partial charge in [0.2, 0.25) is 5.91 Å². The third-order valence-corrected chi connectivity index (χ3v) is 7.14. The molecular formula is C25H32N6O3. The molecule has 34 heavy (non-hydrogen) atoms. The molecule has 3 fully saturated rings. The van der Waals surface area contributed by atoms with E-state index in [9.17, 15) is 9.59 Å². The van der Waals surface area contributed by atoms with E-state index in [2.05, 4.69) is 63.2 Å². The molecule has 3 heterocycles. The van der Waals surface area contributed by atoms with Crippen LogP contribution in [0.1, 0.15) is 36.1 Å². The maximum Gasteiger partial charge on any atom is 0.317 e. The van der Waals surface area contributed by atoms with Crippen LogP contribution in [0.5, 0.6) is 0 Å². The van der Waals surface area contributed by atoms with Crippen molar-refractivity contribution in [2.24, 2.45) is 5.92 Å². The van der Waals surface area contributed by atoms with E-state index in [1.54, 1.807) is 0 Å². The number of hydrazine groups is 1. The van der Waals surface area contributed by atoms with Gasteiger partial charge in [0.25, 0.3) is 0 Å². The molecule has 3 aliphatic rings. The quantitative estimate of drug-likeness (QED) is 0.378. The number of fused-ring (bicyclic) bond motifs is 1. The number of carbonyl (C=O) groups is 2. The van der Waals surface area contributed by atoms with Gasteiger partial charge in [0.05, 0.1) is 24.8 Å². The number of hydrogen-bond acceptors (Lipinski definition) is 7. The molecule has 5 rings (SSSR count). The Balaban J connectivity index is 1.26. The Kier molecular flexibility index (Phi) is 6.77. The molecule has 0 radical (unpaired) electrons. The van der Waals surface area contributed by atoms with E-state index < -0.39 is 5.97 Å². The molecule has 1 amide bonds. The Hall–Kier alpha value is -2.98. The van der Waals surface area contributed by atoms with Gasteiger partial charge in [-0.15, -0.1) is 0 Å². The summed E-state index contributed by atoms with van der Waals surface area (Å²) in [5, 5.41) is 19.7. The summed E-state index contributed by atoms with van der Waals surface area (Å²) < 4.78 is 0. The molecule has 2 aromatic rings. The van der Waals surface area contributed by atoms with Gasteiger partial charge in [0, 0.05) is 18.3 Å². The average Bonchev–Trinajstić information content (AvgIpc) is 2.85. The molecule has 4 unspecified atom stereocenters. The fourth-order valence-electron chi connectivity index (χ4n) is 5.35. The van der Waals surface area contributed by atoms with E-state index in [-0.39, 0.29) is 36.7 Å². The zero-order valence-electron chi connectivity index (χ0n) is 19.0. The second-order valence-electron chi connectivity index (χ2n) is 9.37. The third-order valence-electron chi connectivity index (χ3n) is 7.14. The number of carboxylic acid groups (broad SMARTS) is 1. The number of carboxylic acids is 1. The maximum atomic E-state index is 12.7. The van der Waals surface area contributed by atoms with Gasteiger partial charge in [0.1, 0.15) is 0 Å². The van der Waals surface area contributed by atoms with Crippen LogP contribution in [0.4, 0.5) is 5.69 Å². The predicted molar refractivity (Wildman–Crippen MR) is 129 cm³/mol. The lowest BCUT2D eigenvalue weighted by Gasteiger charge is -2.46. The first kappa shape index (κ1) is 22.8. The van der Waals surface area contributed by atoms with Gasteiger partial charge < -0.3 is 10.4 Å². The number of piperidine rings is 1. The number of likely N-dealkylation sites (tertiary alicyclic amines) is 1. The lowest BCUT2D eigenvalue weighted by molar-refractivity contribution is -0.138. The highest BCUT2D eigenvalue weighted by Gasteiger charge is 2.43. The first-order chi connectivity index (χ1) is 16.6. The van der Waals surface area contributed by atoms with Gasteiger partial charge in [-0.3, -0.25) is 30.5 Å². The SMILES string of the molecule is O=C(O)CN1CCC(c2ccc(NC3NC(c4ccccc4)NC4CNNC(=O)C43)cc2)CC1. The van der Waals surface area contributed by atoms with E-state index in [1.807, 2.05) is 23.1 Å². The number of nitrogens with one attached hydrogen (secondary N) is 5. The summed E-state index contributed by atoms with van der Waals surface area (Å²) >= 11 is 0. The molecule has 180 valence electrons.